The number of carbonyl (C=O) groups is 3. The van der Waals surface area contributed by atoms with Gasteiger partial charge in [-0.1, -0.05) is 42.5 Å². The smallest absolute Gasteiger partial charge is 0.325 e. The minimum Gasteiger partial charge on any atom is -0.348 e. The van der Waals surface area contributed by atoms with Crippen molar-refractivity contribution in [1.29, 1.82) is 0 Å². The van der Waals surface area contributed by atoms with Crippen LogP contribution in [0.2, 0.25) is 0 Å². The van der Waals surface area contributed by atoms with Crippen LogP contribution in [0.15, 0.2) is 60.7 Å². The van der Waals surface area contributed by atoms with Gasteiger partial charge in [-0.15, -0.1) is 0 Å². The molecule has 0 saturated carbocycles. The number of amides is 3. The second-order valence-corrected chi connectivity index (χ2v) is 8.55. The van der Waals surface area contributed by atoms with Gasteiger partial charge in [0.25, 0.3) is 5.91 Å². The Labute approximate surface area is 192 Å². The molecule has 0 unspecified atom stereocenters. The van der Waals surface area contributed by atoms with Crippen molar-refractivity contribution in [3.05, 3.63) is 94.6 Å². The molecule has 0 bridgehead atoms. The zero-order valence-corrected chi connectivity index (χ0v) is 18.9. The maximum absolute atomic E-state index is 13.1. The average Bonchev–Trinajstić information content (AvgIpc) is 3.21. The molecule has 170 valence electrons. The molecule has 2 heterocycles. The first-order valence-corrected chi connectivity index (χ1v) is 10.8. The van der Waals surface area contributed by atoms with Crippen molar-refractivity contribution in [1.82, 2.24) is 14.8 Å². The monoisotopic (exact) mass is 447 g/mol. The lowest BCUT2D eigenvalue weighted by Gasteiger charge is -2.22. The van der Waals surface area contributed by atoms with Gasteiger partial charge in [0.15, 0.2) is 5.78 Å². The average molecular weight is 448 g/mol. The molecule has 0 spiro atoms. The van der Waals surface area contributed by atoms with Crippen LogP contribution < -0.4 is 5.32 Å². The van der Waals surface area contributed by atoms with Crippen molar-refractivity contribution < 1.29 is 18.8 Å². The van der Waals surface area contributed by atoms with Crippen molar-refractivity contribution in [3.8, 4) is 0 Å². The van der Waals surface area contributed by atoms with Crippen LogP contribution in [0, 0.1) is 19.7 Å². The molecule has 1 fully saturated rings. The molecule has 3 amide bonds. The molecule has 3 aromatic rings. The molecular formula is C26H26FN3O3. The quantitative estimate of drug-likeness (QED) is 0.437. The number of urea groups is 1. The highest BCUT2D eigenvalue weighted by atomic mass is 19.1. The van der Waals surface area contributed by atoms with Crippen LogP contribution in [0.25, 0.3) is 0 Å². The van der Waals surface area contributed by atoms with Gasteiger partial charge in [-0.05, 0) is 56.5 Å². The predicted molar refractivity (Wildman–Crippen MR) is 122 cm³/mol. The number of rotatable bonds is 7. The van der Waals surface area contributed by atoms with Gasteiger partial charge in [0.05, 0.1) is 6.54 Å². The summed E-state index contributed by atoms with van der Waals surface area (Å²) in [5.41, 5.74) is 2.63. The third kappa shape index (κ3) is 4.18. The van der Waals surface area contributed by atoms with Crippen LogP contribution in [0.1, 0.15) is 39.8 Å². The molecule has 1 atom stereocenters. The molecule has 1 aliphatic heterocycles. The summed E-state index contributed by atoms with van der Waals surface area (Å²) in [6.45, 7) is 5.72. The number of hydrogen-bond acceptors (Lipinski definition) is 3. The molecule has 1 aliphatic rings. The molecule has 1 N–H and O–H groups in total. The summed E-state index contributed by atoms with van der Waals surface area (Å²) in [7, 11) is 0. The third-order valence-electron chi connectivity index (χ3n) is 6.34. The summed E-state index contributed by atoms with van der Waals surface area (Å²) < 4.78 is 15.2. The number of halogens is 1. The summed E-state index contributed by atoms with van der Waals surface area (Å²) in [5, 5.41) is 2.73. The molecule has 2 aromatic carbocycles. The van der Waals surface area contributed by atoms with Gasteiger partial charge in [0.1, 0.15) is 11.4 Å². The first kappa shape index (κ1) is 22.5. The third-order valence-corrected chi connectivity index (χ3v) is 6.34. The molecule has 7 heteroatoms. The maximum Gasteiger partial charge on any atom is 0.325 e. The van der Waals surface area contributed by atoms with Crippen LogP contribution in [-0.4, -0.2) is 33.7 Å². The second kappa shape index (κ2) is 8.65. The van der Waals surface area contributed by atoms with E-state index in [2.05, 4.69) is 5.32 Å². The summed E-state index contributed by atoms with van der Waals surface area (Å²) in [6, 6.07) is 16.6. The van der Waals surface area contributed by atoms with Crippen LogP contribution in [0.4, 0.5) is 9.18 Å². The number of hydrogen-bond donors (Lipinski definition) is 1. The Bertz CT molecular complexity index is 1220. The van der Waals surface area contributed by atoms with E-state index in [-0.39, 0.29) is 18.1 Å². The molecule has 4 rings (SSSR count). The lowest BCUT2D eigenvalue weighted by atomic mass is 9.92. The van der Waals surface area contributed by atoms with Crippen LogP contribution in [-0.2, 0) is 23.3 Å². The van der Waals surface area contributed by atoms with E-state index in [1.54, 1.807) is 49.4 Å². The molecule has 1 saturated heterocycles. The number of aryl methyl sites for hydroxylation is 2. The first-order chi connectivity index (χ1) is 15.7. The van der Waals surface area contributed by atoms with Crippen molar-refractivity contribution in [3.63, 3.8) is 0 Å². The lowest BCUT2D eigenvalue weighted by Crippen LogP contribution is -2.41. The van der Waals surface area contributed by atoms with Gasteiger partial charge in [0, 0.05) is 23.5 Å². The molecular weight excluding hydrogens is 421 g/mol. The fraction of sp³-hybridized carbons (Fsp3) is 0.269. The highest BCUT2D eigenvalue weighted by Crippen LogP contribution is 2.29. The zero-order chi connectivity index (χ0) is 23.8. The molecule has 0 radical (unpaired) electrons. The fourth-order valence-electron chi connectivity index (χ4n) is 4.36. The van der Waals surface area contributed by atoms with Crippen molar-refractivity contribution in [2.24, 2.45) is 0 Å². The number of ketones is 1. The summed E-state index contributed by atoms with van der Waals surface area (Å²) in [5.74, 6) is -1.02. The van der Waals surface area contributed by atoms with Gasteiger partial charge >= 0.3 is 6.03 Å². The second-order valence-electron chi connectivity index (χ2n) is 8.55. The summed E-state index contributed by atoms with van der Waals surface area (Å²) in [6.07, 6.45) is 0.687. The van der Waals surface area contributed by atoms with Crippen LogP contribution in [0.3, 0.4) is 0 Å². The lowest BCUT2D eigenvalue weighted by molar-refractivity contribution is -0.130. The Kier molecular flexibility index (Phi) is 5.89. The maximum atomic E-state index is 13.1. The van der Waals surface area contributed by atoms with E-state index >= 15 is 0 Å². The zero-order valence-electron chi connectivity index (χ0n) is 18.9. The van der Waals surface area contributed by atoms with Crippen LogP contribution in [0.5, 0.6) is 0 Å². The van der Waals surface area contributed by atoms with Crippen molar-refractivity contribution in [2.45, 2.75) is 39.3 Å². The Hall–Kier alpha value is -3.74. The van der Waals surface area contributed by atoms with Gasteiger partial charge in [-0.3, -0.25) is 14.5 Å². The normalized spacial score (nSPS) is 18.0. The predicted octanol–water partition coefficient (Wildman–Crippen LogP) is 4.14. The minimum absolute atomic E-state index is 0.274. The van der Waals surface area contributed by atoms with Crippen molar-refractivity contribution in [2.75, 3.05) is 6.54 Å². The Morgan fingerprint density at radius 3 is 2.36 bits per heavy atom. The SMILES string of the molecule is Cc1cc(C(=O)CN2C(=O)N[C@](C)(c3ccccc3)C2=O)c(C)n1CCc1ccc(F)cc1. The fourth-order valence-corrected chi connectivity index (χ4v) is 4.36. The highest BCUT2D eigenvalue weighted by molar-refractivity contribution is 6.11. The van der Waals surface area contributed by atoms with Gasteiger partial charge in [0.2, 0.25) is 0 Å². The van der Waals surface area contributed by atoms with E-state index in [1.165, 1.54) is 12.1 Å². The number of aromatic nitrogens is 1. The van der Waals surface area contributed by atoms with E-state index < -0.39 is 17.5 Å². The summed E-state index contributed by atoms with van der Waals surface area (Å²) >= 11 is 0. The van der Waals surface area contributed by atoms with Crippen molar-refractivity contribution >= 4 is 17.7 Å². The van der Waals surface area contributed by atoms with Gasteiger partial charge in [-0.25, -0.2) is 9.18 Å². The minimum atomic E-state index is -1.20. The van der Waals surface area contributed by atoms with Gasteiger partial charge < -0.3 is 9.88 Å². The summed E-state index contributed by atoms with van der Waals surface area (Å²) in [4.78, 5) is 39.8. The molecule has 1 aromatic heterocycles. The number of nitrogens with one attached hydrogen (secondary N) is 1. The Morgan fingerprint density at radius 2 is 1.70 bits per heavy atom. The molecule has 33 heavy (non-hydrogen) atoms. The number of nitrogens with zero attached hydrogens (tertiary/aromatic N) is 2. The molecule has 6 nitrogen and oxygen atoms in total. The van der Waals surface area contributed by atoms with Crippen LogP contribution >= 0.6 is 0 Å². The number of carbonyl (C=O) groups excluding carboxylic acids is 3. The van der Waals surface area contributed by atoms with E-state index in [4.69, 9.17) is 0 Å². The Balaban J connectivity index is 1.49. The van der Waals surface area contributed by atoms with Gasteiger partial charge in [-0.2, -0.15) is 0 Å². The first-order valence-electron chi connectivity index (χ1n) is 10.8. The van der Waals surface area contributed by atoms with E-state index in [0.717, 1.165) is 21.9 Å². The van der Waals surface area contributed by atoms with E-state index in [0.29, 0.717) is 24.1 Å². The van der Waals surface area contributed by atoms with E-state index in [1.807, 2.05) is 24.5 Å². The van der Waals surface area contributed by atoms with E-state index in [9.17, 15) is 18.8 Å². The number of benzene rings is 2. The topological polar surface area (TPSA) is 71.4 Å². The number of imide groups is 1. The number of Topliss-reactive ketones (excluding diaryl/α,β-unsaturated/α-hetero) is 1. The molecule has 0 aliphatic carbocycles. The highest BCUT2D eigenvalue weighted by Gasteiger charge is 2.49. The largest absolute Gasteiger partial charge is 0.348 e. The Morgan fingerprint density at radius 1 is 1.03 bits per heavy atom. The standard InChI is InChI=1S/C26H26FN3O3/c1-17-15-22(18(2)29(17)14-13-19-9-11-21(27)12-10-19)23(31)16-30-24(32)26(3,28-25(30)33)20-7-5-4-6-8-20/h4-12,15H,13-14,16H2,1-3H3,(H,28,33)/t26-/m1/s1.